The third kappa shape index (κ3) is 5.19. The Morgan fingerprint density at radius 2 is 1.86 bits per heavy atom. The van der Waals surface area contributed by atoms with Gasteiger partial charge in [-0.05, 0) is 25.5 Å². The molecule has 0 saturated heterocycles. The molecule has 0 aromatic heterocycles. The van der Waals surface area contributed by atoms with Crippen molar-refractivity contribution < 1.29 is 9.59 Å². The molecule has 0 spiro atoms. The second-order valence-electron chi connectivity index (χ2n) is 5.57. The van der Waals surface area contributed by atoms with Gasteiger partial charge in [-0.1, -0.05) is 43.2 Å². The van der Waals surface area contributed by atoms with E-state index in [-0.39, 0.29) is 12.5 Å². The summed E-state index contributed by atoms with van der Waals surface area (Å²) in [4.78, 5) is 25.5. The molecule has 0 aliphatic heterocycles. The number of nitrogens with one attached hydrogen (secondary N) is 2. The summed E-state index contributed by atoms with van der Waals surface area (Å²) in [5, 5.41) is 5.06. The van der Waals surface area contributed by atoms with Crippen molar-refractivity contribution in [2.45, 2.75) is 38.3 Å². The van der Waals surface area contributed by atoms with Crippen molar-refractivity contribution in [1.82, 2.24) is 15.5 Å². The van der Waals surface area contributed by atoms with Gasteiger partial charge < -0.3 is 5.32 Å². The maximum atomic E-state index is 11.8. The number of likely N-dealkylation sites (N-methyl/N-ethyl adjacent to an activating group) is 1. The van der Waals surface area contributed by atoms with Crippen LogP contribution in [0, 0.1) is 0 Å². The van der Waals surface area contributed by atoms with Gasteiger partial charge in [-0.25, -0.2) is 4.79 Å². The first-order chi connectivity index (χ1) is 10.1. The molecule has 5 heteroatoms. The number of imide groups is 1. The molecule has 1 fully saturated rings. The van der Waals surface area contributed by atoms with Crippen LogP contribution >= 0.6 is 0 Å². The van der Waals surface area contributed by atoms with Crippen molar-refractivity contribution in [2.24, 2.45) is 0 Å². The zero-order chi connectivity index (χ0) is 15.1. The number of urea groups is 1. The molecule has 1 aliphatic rings. The van der Waals surface area contributed by atoms with E-state index in [1.807, 2.05) is 42.3 Å². The summed E-state index contributed by atoms with van der Waals surface area (Å²) < 4.78 is 0. The second-order valence-corrected chi connectivity index (χ2v) is 5.57. The summed E-state index contributed by atoms with van der Waals surface area (Å²) in [7, 11) is 1.94. The molecule has 1 saturated carbocycles. The highest BCUT2D eigenvalue weighted by atomic mass is 16.2. The zero-order valence-electron chi connectivity index (χ0n) is 12.5. The molecule has 114 valence electrons. The van der Waals surface area contributed by atoms with Crippen LogP contribution < -0.4 is 10.6 Å². The molecule has 2 rings (SSSR count). The van der Waals surface area contributed by atoms with E-state index < -0.39 is 6.03 Å². The van der Waals surface area contributed by atoms with Crippen LogP contribution in [0.3, 0.4) is 0 Å². The van der Waals surface area contributed by atoms with Gasteiger partial charge in [0.1, 0.15) is 0 Å². The Morgan fingerprint density at radius 1 is 1.19 bits per heavy atom. The average molecular weight is 289 g/mol. The van der Waals surface area contributed by atoms with Crippen LogP contribution in [0.15, 0.2) is 30.3 Å². The van der Waals surface area contributed by atoms with Gasteiger partial charge in [0.05, 0.1) is 6.54 Å². The van der Waals surface area contributed by atoms with Gasteiger partial charge >= 0.3 is 6.03 Å². The Morgan fingerprint density at radius 3 is 2.52 bits per heavy atom. The molecule has 1 aromatic rings. The Balaban J connectivity index is 1.68. The molecule has 1 aliphatic carbocycles. The lowest BCUT2D eigenvalue weighted by Crippen LogP contribution is -2.45. The summed E-state index contributed by atoms with van der Waals surface area (Å²) in [6.07, 6.45) is 4.75. The molecule has 0 heterocycles. The van der Waals surface area contributed by atoms with Crippen molar-refractivity contribution in [3.8, 4) is 0 Å². The average Bonchev–Trinajstić information content (AvgIpc) is 3.00. The third-order valence-corrected chi connectivity index (χ3v) is 3.89. The Labute approximate surface area is 125 Å². The number of amides is 3. The van der Waals surface area contributed by atoms with Crippen molar-refractivity contribution in [3.63, 3.8) is 0 Å². The van der Waals surface area contributed by atoms with Gasteiger partial charge in [-0.2, -0.15) is 0 Å². The van der Waals surface area contributed by atoms with Crippen LogP contribution in [-0.2, 0) is 11.3 Å². The molecule has 3 amide bonds. The lowest BCUT2D eigenvalue weighted by Gasteiger charge is -2.22. The van der Waals surface area contributed by atoms with E-state index in [4.69, 9.17) is 0 Å². The minimum Gasteiger partial charge on any atom is -0.334 e. The van der Waals surface area contributed by atoms with Crippen molar-refractivity contribution in [3.05, 3.63) is 35.9 Å². The molecule has 2 N–H and O–H groups in total. The molecular weight excluding hydrogens is 266 g/mol. The van der Waals surface area contributed by atoms with Crippen LogP contribution in [0.5, 0.6) is 0 Å². The smallest absolute Gasteiger partial charge is 0.321 e. The molecular formula is C16H23N3O2. The topological polar surface area (TPSA) is 61.4 Å². The fourth-order valence-corrected chi connectivity index (χ4v) is 2.69. The van der Waals surface area contributed by atoms with E-state index in [1.54, 1.807) is 0 Å². The van der Waals surface area contributed by atoms with E-state index >= 15 is 0 Å². The highest BCUT2D eigenvalue weighted by Gasteiger charge is 2.21. The van der Waals surface area contributed by atoms with Gasteiger partial charge in [0.25, 0.3) is 0 Å². The van der Waals surface area contributed by atoms with E-state index in [0.29, 0.717) is 12.6 Å². The van der Waals surface area contributed by atoms with E-state index in [0.717, 1.165) is 18.4 Å². The summed E-state index contributed by atoms with van der Waals surface area (Å²) in [6.45, 7) is 0.682. The quantitative estimate of drug-likeness (QED) is 0.870. The standard InChI is InChI=1S/C16H23N3O2/c1-19(14-9-5-6-10-14)12-15(20)18-16(21)17-11-13-7-3-2-4-8-13/h2-4,7-8,14H,5-6,9-12H2,1H3,(H2,17,18,20,21). The lowest BCUT2D eigenvalue weighted by molar-refractivity contribution is -0.121. The number of carbonyl (C=O) groups excluding carboxylic acids is 2. The third-order valence-electron chi connectivity index (χ3n) is 3.89. The lowest BCUT2D eigenvalue weighted by atomic mass is 10.2. The first-order valence-electron chi connectivity index (χ1n) is 7.47. The maximum Gasteiger partial charge on any atom is 0.321 e. The second kappa shape index (κ2) is 7.78. The van der Waals surface area contributed by atoms with E-state index in [1.165, 1.54) is 12.8 Å². The van der Waals surface area contributed by atoms with Crippen molar-refractivity contribution >= 4 is 11.9 Å². The minimum atomic E-state index is -0.441. The van der Waals surface area contributed by atoms with Gasteiger partial charge in [-0.3, -0.25) is 15.0 Å². The minimum absolute atomic E-state index is 0.255. The molecule has 0 bridgehead atoms. The van der Waals surface area contributed by atoms with Crippen LogP contribution in [0.4, 0.5) is 4.79 Å². The number of benzene rings is 1. The number of nitrogens with zero attached hydrogens (tertiary/aromatic N) is 1. The first kappa shape index (κ1) is 15.5. The van der Waals surface area contributed by atoms with Gasteiger partial charge in [0.15, 0.2) is 0 Å². The molecule has 5 nitrogen and oxygen atoms in total. The predicted molar refractivity (Wildman–Crippen MR) is 81.7 cm³/mol. The van der Waals surface area contributed by atoms with Gasteiger partial charge in [0.2, 0.25) is 5.91 Å². The zero-order valence-corrected chi connectivity index (χ0v) is 12.5. The van der Waals surface area contributed by atoms with E-state index in [9.17, 15) is 9.59 Å². The van der Waals surface area contributed by atoms with Crippen LogP contribution in [0.2, 0.25) is 0 Å². The predicted octanol–water partition coefficient (Wildman–Crippen LogP) is 1.89. The summed E-state index contributed by atoms with van der Waals surface area (Å²) in [5.41, 5.74) is 1.00. The normalized spacial score (nSPS) is 15.1. The maximum absolute atomic E-state index is 11.8. The molecule has 1 aromatic carbocycles. The number of hydrogen-bond donors (Lipinski definition) is 2. The Bertz CT molecular complexity index is 470. The SMILES string of the molecule is CN(CC(=O)NC(=O)NCc1ccccc1)C1CCCC1. The first-order valence-corrected chi connectivity index (χ1v) is 7.47. The van der Waals surface area contributed by atoms with Crippen molar-refractivity contribution in [1.29, 1.82) is 0 Å². The van der Waals surface area contributed by atoms with Gasteiger partial charge in [0, 0.05) is 12.6 Å². The summed E-state index contributed by atoms with van der Waals surface area (Å²) >= 11 is 0. The molecule has 0 unspecified atom stereocenters. The molecule has 0 radical (unpaired) electrons. The van der Waals surface area contributed by atoms with Crippen LogP contribution in [0.1, 0.15) is 31.2 Å². The fraction of sp³-hybridized carbons (Fsp3) is 0.500. The largest absolute Gasteiger partial charge is 0.334 e. The van der Waals surface area contributed by atoms with Crippen LogP contribution in [0.25, 0.3) is 0 Å². The van der Waals surface area contributed by atoms with E-state index in [2.05, 4.69) is 10.6 Å². The van der Waals surface area contributed by atoms with Gasteiger partial charge in [-0.15, -0.1) is 0 Å². The summed E-state index contributed by atoms with van der Waals surface area (Å²) in [6, 6.07) is 9.64. The summed E-state index contributed by atoms with van der Waals surface area (Å²) in [5.74, 6) is -0.255. The van der Waals surface area contributed by atoms with Crippen LogP contribution in [-0.4, -0.2) is 36.5 Å². The Kier molecular flexibility index (Phi) is 5.75. The fourth-order valence-electron chi connectivity index (χ4n) is 2.69. The Hall–Kier alpha value is -1.88. The molecule has 21 heavy (non-hydrogen) atoms. The number of rotatable bonds is 5. The number of hydrogen-bond acceptors (Lipinski definition) is 3. The monoisotopic (exact) mass is 289 g/mol. The highest BCUT2D eigenvalue weighted by molar-refractivity contribution is 5.95. The molecule has 0 atom stereocenters. The van der Waals surface area contributed by atoms with Crippen molar-refractivity contribution in [2.75, 3.05) is 13.6 Å². The highest BCUT2D eigenvalue weighted by Crippen LogP contribution is 2.21. The number of carbonyl (C=O) groups is 2.